The van der Waals surface area contributed by atoms with Gasteiger partial charge in [0.1, 0.15) is 5.57 Å². The number of alkyl halides is 19. The van der Waals surface area contributed by atoms with Crippen LogP contribution in [0.1, 0.15) is 0 Å². The van der Waals surface area contributed by atoms with Crippen LogP contribution in [0.2, 0.25) is 0 Å². The highest BCUT2D eigenvalue weighted by Gasteiger charge is 2.83. The van der Waals surface area contributed by atoms with Gasteiger partial charge < -0.3 is 0 Å². The molecular formula is C12F22. The van der Waals surface area contributed by atoms with Gasteiger partial charge in [-0.25, -0.2) is 17.6 Å². The van der Waals surface area contributed by atoms with Crippen LogP contribution in [-0.2, 0) is 0 Å². The fraction of sp³-hybridized carbons (Fsp3) is 0.667. The number of hydrogen-bond acceptors (Lipinski definition) is 0. The number of hydrogen-bond donors (Lipinski definition) is 0. The molecule has 0 aliphatic carbocycles. The van der Waals surface area contributed by atoms with Crippen LogP contribution in [0.4, 0.5) is 96.6 Å². The Morgan fingerprint density at radius 2 is 0.676 bits per heavy atom. The highest BCUT2D eigenvalue weighted by Crippen LogP contribution is 2.60. The van der Waals surface area contributed by atoms with Gasteiger partial charge in [-0.15, -0.1) is 0 Å². The van der Waals surface area contributed by atoms with Gasteiger partial charge in [0.15, 0.2) is 11.7 Å². The highest BCUT2D eigenvalue weighted by atomic mass is 19.4. The molecule has 34 heavy (non-hydrogen) atoms. The summed E-state index contributed by atoms with van der Waals surface area (Å²) >= 11 is 0. The van der Waals surface area contributed by atoms with Crippen molar-refractivity contribution in [2.45, 2.75) is 48.1 Å². The molecule has 0 aromatic heterocycles. The molecule has 0 fully saturated rings. The summed E-state index contributed by atoms with van der Waals surface area (Å²) < 4.78 is 279. The van der Waals surface area contributed by atoms with Crippen LogP contribution in [0.15, 0.2) is 23.1 Å². The topological polar surface area (TPSA) is 0 Å². The van der Waals surface area contributed by atoms with Gasteiger partial charge in [0.05, 0.1) is 0 Å². The summed E-state index contributed by atoms with van der Waals surface area (Å²) in [5.41, 5.74) is -14.3. The minimum atomic E-state index is -8.40. The van der Waals surface area contributed by atoms with Crippen molar-refractivity contribution in [1.29, 1.82) is 0 Å². The summed E-state index contributed by atoms with van der Waals surface area (Å²) in [5, 5.41) is 0. The van der Waals surface area contributed by atoms with E-state index in [2.05, 4.69) is 0 Å². The van der Waals surface area contributed by atoms with Gasteiger partial charge in [0.25, 0.3) is 0 Å². The third-order valence-corrected chi connectivity index (χ3v) is 3.43. The maximum Gasteiger partial charge on any atom is 0.460 e. The molecule has 0 radical (unpaired) electrons. The third kappa shape index (κ3) is 4.71. The van der Waals surface area contributed by atoms with Crippen molar-refractivity contribution in [3.8, 4) is 0 Å². The molecular weight excluding hydrogens is 562 g/mol. The first-order valence-electron chi connectivity index (χ1n) is 6.91. The van der Waals surface area contributed by atoms with Crippen LogP contribution < -0.4 is 0 Å². The molecule has 0 rings (SSSR count). The lowest BCUT2D eigenvalue weighted by Crippen LogP contribution is -2.60. The van der Waals surface area contributed by atoms with Crippen LogP contribution in [-0.4, -0.2) is 48.1 Å². The van der Waals surface area contributed by atoms with Crippen molar-refractivity contribution >= 4 is 0 Å². The molecule has 0 N–H and O–H groups in total. The number of halogens is 22. The molecule has 0 aromatic carbocycles. The summed E-state index contributed by atoms with van der Waals surface area (Å²) in [7, 11) is 0. The lowest BCUT2D eigenvalue weighted by atomic mass is 9.87. The largest absolute Gasteiger partial charge is 0.460 e. The number of rotatable bonds is 5. The quantitative estimate of drug-likeness (QED) is 0.234. The zero-order valence-electron chi connectivity index (χ0n) is 14.3. The average Bonchev–Trinajstić information content (AvgIpc) is 2.55. The van der Waals surface area contributed by atoms with Gasteiger partial charge in [-0.2, -0.15) is 79.0 Å². The van der Waals surface area contributed by atoms with E-state index in [9.17, 15) is 96.6 Å². The van der Waals surface area contributed by atoms with Crippen LogP contribution >= 0.6 is 0 Å². The summed E-state index contributed by atoms with van der Waals surface area (Å²) in [4.78, 5) is 0. The second-order valence-electron chi connectivity index (χ2n) is 5.69. The predicted molar refractivity (Wildman–Crippen MR) is 60.3 cm³/mol. The maximum atomic E-state index is 13.7. The molecule has 0 bridgehead atoms. The standard InChI is InChI=1S/C12F22/c13-1(2(14)4(15)7(19,20)8(21,22)12(32,33)34)3(6(17,18)11(29,30)31)5(16,9(23,24)25)10(26,27)28. The fourth-order valence-electron chi connectivity index (χ4n) is 1.75. The van der Waals surface area contributed by atoms with E-state index < -0.39 is 71.2 Å². The minimum absolute atomic E-state index is 5.30. The summed E-state index contributed by atoms with van der Waals surface area (Å²) in [6.07, 6.45) is -32.1. The summed E-state index contributed by atoms with van der Waals surface area (Å²) in [5.74, 6) is -40.3. The smallest absolute Gasteiger partial charge is 0.218 e. The van der Waals surface area contributed by atoms with Crippen molar-refractivity contribution in [3.63, 3.8) is 0 Å². The monoisotopic (exact) mass is 562 g/mol. The van der Waals surface area contributed by atoms with E-state index in [-0.39, 0.29) is 0 Å². The Kier molecular flexibility index (Phi) is 7.76. The van der Waals surface area contributed by atoms with Gasteiger partial charge in [0, 0.05) is 0 Å². The Labute approximate surface area is 169 Å². The molecule has 0 aromatic rings. The van der Waals surface area contributed by atoms with Crippen molar-refractivity contribution < 1.29 is 96.6 Å². The third-order valence-electron chi connectivity index (χ3n) is 3.43. The van der Waals surface area contributed by atoms with Crippen LogP contribution in [0.25, 0.3) is 0 Å². The first-order valence-corrected chi connectivity index (χ1v) is 6.91. The van der Waals surface area contributed by atoms with E-state index in [1.54, 1.807) is 0 Å². The molecule has 0 atom stereocenters. The maximum absolute atomic E-state index is 13.7. The van der Waals surface area contributed by atoms with E-state index in [0.29, 0.717) is 0 Å². The first kappa shape index (κ1) is 31.9. The van der Waals surface area contributed by atoms with Gasteiger partial charge in [-0.1, -0.05) is 0 Å². The molecule has 0 spiro atoms. The first-order chi connectivity index (χ1) is 14.3. The predicted octanol–water partition coefficient (Wildman–Crippen LogP) is 8.22. The Bertz CT molecular complexity index is 808. The van der Waals surface area contributed by atoms with E-state index in [1.807, 2.05) is 0 Å². The Morgan fingerprint density at radius 3 is 0.912 bits per heavy atom. The second-order valence-corrected chi connectivity index (χ2v) is 5.69. The second kappa shape index (κ2) is 8.26. The van der Waals surface area contributed by atoms with Crippen LogP contribution in [0, 0.1) is 0 Å². The zero-order valence-corrected chi connectivity index (χ0v) is 14.3. The normalized spacial score (nSPS) is 17.5. The average molecular weight is 562 g/mol. The highest BCUT2D eigenvalue weighted by molar-refractivity contribution is 5.42. The van der Waals surface area contributed by atoms with Gasteiger partial charge in [-0.3, -0.25) is 0 Å². The molecule has 0 nitrogen and oxygen atoms in total. The van der Waals surface area contributed by atoms with Gasteiger partial charge in [-0.05, 0) is 0 Å². The van der Waals surface area contributed by atoms with Crippen molar-refractivity contribution in [2.24, 2.45) is 0 Å². The lowest BCUT2D eigenvalue weighted by Gasteiger charge is -2.36. The zero-order chi connectivity index (χ0) is 28.3. The van der Waals surface area contributed by atoms with E-state index in [1.165, 1.54) is 0 Å². The molecule has 22 heteroatoms. The van der Waals surface area contributed by atoms with E-state index in [0.717, 1.165) is 0 Å². The number of allylic oxidation sites excluding steroid dienone is 4. The van der Waals surface area contributed by atoms with E-state index in [4.69, 9.17) is 0 Å². The van der Waals surface area contributed by atoms with Crippen molar-refractivity contribution in [3.05, 3.63) is 23.1 Å². The van der Waals surface area contributed by atoms with Crippen molar-refractivity contribution in [1.82, 2.24) is 0 Å². The fourth-order valence-corrected chi connectivity index (χ4v) is 1.75. The lowest BCUT2D eigenvalue weighted by molar-refractivity contribution is -0.348. The minimum Gasteiger partial charge on any atom is -0.218 e. The molecule has 0 saturated heterocycles. The molecule has 0 aliphatic heterocycles. The molecule has 0 amide bonds. The molecule has 0 saturated carbocycles. The molecule has 0 aliphatic rings. The Balaban J connectivity index is 7.91. The van der Waals surface area contributed by atoms with Gasteiger partial charge >= 0.3 is 48.1 Å². The Morgan fingerprint density at radius 1 is 0.353 bits per heavy atom. The molecule has 202 valence electrons. The Hall–Kier alpha value is -2.06. The summed E-state index contributed by atoms with van der Waals surface area (Å²) in [6, 6.07) is 0. The van der Waals surface area contributed by atoms with Gasteiger partial charge in [0.2, 0.25) is 5.83 Å². The van der Waals surface area contributed by atoms with Crippen LogP contribution in [0.5, 0.6) is 0 Å². The SMILES string of the molecule is FC(C(F)=C(C(F)(F)C(F)(F)F)C(F)(C(F)(F)F)C(F)(F)F)=C(F)C(F)(F)C(F)(F)C(F)(F)F. The summed E-state index contributed by atoms with van der Waals surface area (Å²) in [6.45, 7) is 0. The van der Waals surface area contributed by atoms with E-state index >= 15 is 0 Å². The molecule has 0 unspecified atom stereocenters. The van der Waals surface area contributed by atoms with Crippen LogP contribution in [0.3, 0.4) is 0 Å². The van der Waals surface area contributed by atoms with Crippen molar-refractivity contribution in [2.75, 3.05) is 0 Å². The molecule has 0 heterocycles.